The number of allylic oxidation sites excluding steroid dienone is 7. The molecule has 0 aliphatic rings. The van der Waals surface area contributed by atoms with Gasteiger partial charge >= 0.3 is 0 Å². The van der Waals surface area contributed by atoms with E-state index in [1.54, 1.807) is 12.2 Å². The standard InChI is InChI=1S/C11H14/c1-4-6-8-10-11(3)9-7-5-2/h4-9H,1-3,10H2. The molecule has 0 aromatic heterocycles. The van der Waals surface area contributed by atoms with Crippen LogP contribution < -0.4 is 0 Å². The molecule has 0 nitrogen and oxygen atoms in total. The topological polar surface area (TPSA) is 0 Å². The monoisotopic (exact) mass is 146 g/mol. The second-order valence-corrected chi connectivity index (χ2v) is 2.12. The molecule has 0 aliphatic carbocycles. The quantitative estimate of drug-likeness (QED) is 0.521. The van der Waals surface area contributed by atoms with Gasteiger partial charge in [-0.3, -0.25) is 0 Å². The summed E-state index contributed by atoms with van der Waals surface area (Å²) in [5, 5.41) is 0. The molecule has 0 saturated heterocycles. The predicted molar refractivity (Wildman–Crippen MR) is 52.4 cm³/mol. The van der Waals surface area contributed by atoms with Crippen molar-refractivity contribution >= 4 is 0 Å². The van der Waals surface area contributed by atoms with Gasteiger partial charge < -0.3 is 0 Å². The Balaban J connectivity index is 3.69. The predicted octanol–water partition coefficient (Wildman–Crippen LogP) is 3.42. The van der Waals surface area contributed by atoms with Crippen molar-refractivity contribution < 1.29 is 0 Å². The maximum absolute atomic E-state index is 3.84. The van der Waals surface area contributed by atoms with Gasteiger partial charge in [-0.1, -0.05) is 61.8 Å². The fourth-order valence-corrected chi connectivity index (χ4v) is 0.588. The van der Waals surface area contributed by atoms with Crippen LogP contribution in [0, 0.1) is 0 Å². The van der Waals surface area contributed by atoms with Crippen LogP contribution in [0.3, 0.4) is 0 Å². The molecule has 0 radical (unpaired) electrons. The average Bonchev–Trinajstić information content (AvgIpc) is 2.01. The van der Waals surface area contributed by atoms with Crippen molar-refractivity contribution in [1.82, 2.24) is 0 Å². The summed E-state index contributed by atoms with van der Waals surface area (Å²) in [6.07, 6.45) is 12.1. The molecule has 0 fully saturated rings. The average molecular weight is 146 g/mol. The van der Waals surface area contributed by atoms with Crippen LogP contribution in [0.4, 0.5) is 0 Å². The van der Waals surface area contributed by atoms with Crippen molar-refractivity contribution in [2.75, 3.05) is 0 Å². The van der Waals surface area contributed by atoms with E-state index in [-0.39, 0.29) is 0 Å². The highest BCUT2D eigenvalue weighted by atomic mass is 13.9. The summed E-state index contributed by atoms with van der Waals surface area (Å²) in [6, 6.07) is 0. The van der Waals surface area contributed by atoms with Crippen molar-refractivity contribution in [3.8, 4) is 0 Å². The first-order chi connectivity index (χ1) is 5.31. The van der Waals surface area contributed by atoms with E-state index in [1.807, 2.05) is 24.3 Å². The Morgan fingerprint density at radius 1 is 1.09 bits per heavy atom. The number of rotatable bonds is 5. The zero-order valence-corrected chi connectivity index (χ0v) is 6.79. The molecule has 0 aliphatic heterocycles. The Morgan fingerprint density at radius 3 is 2.27 bits per heavy atom. The summed E-state index contributed by atoms with van der Waals surface area (Å²) in [6.45, 7) is 11.0. The minimum atomic E-state index is 0.871. The first-order valence-electron chi connectivity index (χ1n) is 3.55. The number of hydrogen-bond acceptors (Lipinski definition) is 0. The molecule has 58 valence electrons. The molecule has 0 saturated carbocycles. The molecule has 0 amide bonds. The zero-order valence-electron chi connectivity index (χ0n) is 6.79. The van der Waals surface area contributed by atoms with Gasteiger partial charge in [-0.2, -0.15) is 0 Å². The summed E-state index contributed by atoms with van der Waals surface area (Å²) in [5.74, 6) is 0. The third kappa shape index (κ3) is 6.59. The molecule has 0 atom stereocenters. The van der Waals surface area contributed by atoms with Crippen molar-refractivity contribution in [3.05, 3.63) is 61.8 Å². The lowest BCUT2D eigenvalue weighted by molar-refractivity contribution is 1.30. The summed E-state index contributed by atoms with van der Waals surface area (Å²) in [4.78, 5) is 0. The maximum atomic E-state index is 3.84. The highest BCUT2D eigenvalue weighted by Crippen LogP contribution is 2.00. The molecular weight excluding hydrogens is 132 g/mol. The van der Waals surface area contributed by atoms with Crippen LogP contribution in [0.1, 0.15) is 6.42 Å². The minimum Gasteiger partial charge on any atom is -0.0991 e. The van der Waals surface area contributed by atoms with Gasteiger partial charge in [0.05, 0.1) is 0 Å². The van der Waals surface area contributed by atoms with E-state index >= 15 is 0 Å². The summed E-state index contributed by atoms with van der Waals surface area (Å²) >= 11 is 0. The summed E-state index contributed by atoms with van der Waals surface area (Å²) in [7, 11) is 0. The van der Waals surface area contributed by atoms with Gasteiger partial charge in [-0.05, 0) is 6.42 Å². The fourth-order valence-electron chi connectivity index (χ4n) is 0.588. The molecule has 0 heteroatoms. The highest BCUT2D eigenvalue weighted by molar-refractivity contribution is 5.21. The van der Waals surface area contributed by atoms with E-state index in [2.05, 4.69) is 19.7 Å². The van der Waals surface area contributed by atoms with E-state index in [0.29, 0.717) is 0 Å². The summed E-state index contributed by atoms with van der Waals surface area (Å²) < 4.78 is 0. The van der Waals surface area contributed by atoms with Gasteiger partial charge in [0, 0.05) is 0 Å². The van der Waals surface area contributed by atoms with E-state index in [4.69, 9.17) is 0 Å². The van der Waals surface area contributed by atoms with Gasteiger partial charge in [0.2, 0.25) is 0 Å². The lowest BCUT2D eigenvalue weighted by atomic mass is 10.2. The Morgan fingerprint density at radius 2 is 1.73 bits per heavy atom. The first kappa shape index (κ1) is 9.70. The Bertz CT molecular complexity index is 192. The van der Waals surface area contributed by atoms with Crippen LogP contribution in [0.25, 0.3) is 0 Å². The molecule has 0 N–H and O–H groups in total. The third-order valence-electron chi connectivity index (χ3n) is 1.12. The number of hydrogen-bond donors (Lipinski definition) is 0. The van der Waals surface area contributed by atoms with Crippen molar-refractivity contribution in [1.29, 1.82) is 0 Å². The second kappa shape index (κ2) is 6.81. The normalized spacial score (nSPS) is 10.5. The molecule has 0 aromatic carbocycles. The van der Waals surface area contributed by atoms with Crippen LogP contribution in [0.15, 0.2) is 61.8 Å². The molecule has 0 bridgehead atoms. The Hall–Kier alpha value is -1.30. The lowest BCUT2D eigenvalue weighted by Gasteiger charge is -1.89. The van der Waals surface area contributed by atoms with Gasteiger partial charge in [0.1, 0.15) is 0 Å². The molecule has 0 rings (SSSR count). The molecule has 0 heterocycles. The smallest absolute Gasteiger partial charge is 0.0100 e. The van der Waals surface area contributed by atoms with Crippen LogP contribution in [0.2, 0.25) is 0 Å². The molecule has 11 heavy (non-hydrogen) atoms. The van der Waals surface area contributed by atoms with Crippen molar-refractivity contribution in [2.24, 2.45) is 0 Å². The first-order valence-corrected chi connectivity index (χ1v) is 3.55. The zero-order chi connectivity index (χ0) is 8.53. The Labute approximate surface area is 68.9 Å². The van der Waals surface area contributed by atoms with Crippen LogP contribution in [0.5, 0.6) is 0 Å². The largest absolute Gasteiger partial charge is 0.0991 e. The van der Waals surface area contributed by atoms with E-state index in [9.17, 15) is 0 Å². The van der Waals surface area contributed by atoms with E-state index < -0.39 is 0 Å². The van der Waals surface area contributed by atoms with E-state index in [0.717, 1.165) is 12.0 Å². The van der Waals surface area contributed by atoms with Gasteiger partial charge in [0.25, 0.3) is 0 Å². The molecule has 0 spiro atoms. The van der Waals surface area contributed by atoms with Gasteiger partial charge in [-0.15, -0.1) is 0 Å². The minimum absolute atomic E-state index is 0.871. The van der Waals surface area contributed by atoms with Crippen molar-refractivity contribution in [3.63, 3.8) is 0 Å². The Kier molecular flexibility index (Phi) is 6.01. The second-order valence-electron chi connectivity index (χ2n) is 2.12. The SMILES string of the molecule is C=CC=CCC(=C)C=CC=C. The lowest BCUT2D eigenvalue weighted by Crippen LogP contribution is -1.69. The van der Waals surface area contributed by atoms with Crippen molar-refractivity contribution in [2.45, 2.75) is 6.42 Å². The van der Waals surface area contributed by atoms with E-state index in [1.165, 1.54) is 0 Å². The maximum Gasteiger partial charge on any atom is -0.0100 e. The fraction of sp³-hybridized carbons (Fsp3) is 0.0909. The van der Waals surface area contributed by atoms with Crippen LogP contribution in [-0.2, 0) is 0 Å². The van der Waals surface area contributed by atoms with Crippen LogP contribution in [-0.4, -0.2) is 0 Å². The molecule has 0 unspecified atom stereocenters. The third-order valence-corrected chi connectivity index (χ3v) is 1.12. The highest BCUT2D eigenvalue weighted by Gasteiger charge is 1.80. The molecular formula is C11H14. The van der Waals surface area contributed by atoms with Crippen LogP contribution >= 0.6 is 0 Å². The van der Waals surface area contributed by atoms with Gasteiger partial charge in [-0.25, -0.2) is 0 Å². The summed E-state index contributed by atoms with van der Waals surface area (Å²) in [5.41, 5.74) is 1.07. The molecule has 0 aromatic rings. The van der Waals surface area contributed by atoms with Gasteiger partial charge in [0.15, 0.2) is 0 Å².